The van der Waals surface area contributed by atoms with Crippen molar-refractivity contribution >= 4 is 17.7 Å². The SMILES string of the molecule is C=CSC(=C)C(N)=O. The van der Waals surface area contributed by atoms with Crippen LogP contribution >= 0.6 is 11.8 Å². The molecule has 0 aliphatic carbocycles. The summed E-state index contributed by atoms with van der Waals surface area (Å²) in [6, 6.07) is 0. The number of thioether (sulfide) groups is 1. The van der Waals surface area contributed by atoms with E-state index in [4.69, 9.17) is 5.73 Å². The van der Waals surface area contributed by atoms with Crippen LogP contribution in [0.25, 0.3) is 0 Å². The molecule has 0 unspecified atom stereocenters. The first-order chi connectivity index (χ1) is 3.68. The van der Waals surface area contributed by atoms with Crippen molar-refractivity contribution in [3.05, 3.63) is 23.5 Å². The second kappa shape index (κ2) is 3.32. The summed E-state index contributed by atoms with van der Waals surface area (Å²) < 4.78 is 0. The van der Waals surface area contributed by atoms with Gasteiger partial charge in [-0.05, 0) is 5.41 Å². The molecule has 0 aromatic rings. The van der Waals surface area contributed by atoms with Crippen LogP contribution in [0.1, 0.15) is 0 Å². The van der Waals surface area contributed by atoms with E-state index in [2.05, 4.69) is 13.2 Å². The molecule has 0 rings (SSSR count). The van der Waals surface area contributed by atoms with Crippen molar-refractivity contribution in [1.82, 2.24) is 0 Å². The van der Waals surface area contributed by atoms with Gasteiger partial charge < -0.3 is 5.73 Å². The number of hydrogen-bond acceptors (Lipinski definition) is 2. The first kappa shape index (κ1) is 7.30. The lowest BCUT2D eigenvalue weighted by Gasteiger charge is -1.90. The molecule has 0 aromatic heterocycles. The van der Waals surface area contributed by atoms with Crippen LogP contribution in [0.4, 0.5) is 0 Å². The smallest absolute Gasteiger partial charge is 0.254 e. The molecule has 2 N–H and O–H groups in total. The van der Waals surface area contributed by atoms with Crippen LogP contribution in [0.15, 0.2) is 23.5 Å². The summed E-state index contributed by atoms with van der Waals surface area (Å²) in [6.07, 6.45) is 0. The lowest BCUT2D eigenvalue weighted by molar-refractivity contribution is -0.113. The van der Waals surface area contributed by atoms with Gasteiger partial charge in [-0.25, -0.2) is 0 Å². The zero-order valence-electron chi connectivity index (χ0n) is 4.39. The van der Waals surface area contributed by atoms with Gasteiger partial charge in [0.25, 0.3) is 5.91 Å². The van der Waals surface area contributed by atoms with E-state index in [1.807, 2.05) is 0 Å². The minimum Gasteiger partial charge on any atom is -0.365 e. The first-order valence-electron chi connectivity index (χ1n) is 1.94. The number of rotatable bonds is 3. The zero-order valence-corrected chi connectivity index (χ0v) is 5.20. The fourth-order valence-electron chi connectivity index (χ4n) is 0.159. The predicted octanol–water partition coefficient (Wildman–Crippen LogP) is 0.862. The maximum atomic E-state index is 10.1. The van der Waals surface area contributed by atoms with Crippen molar-refractivity contribution in [3.63, 3.8) is 0 Å². The van der Waals surface area contributed by atoms with Gasteiger partial charge in [0.15, 0.2) is 0 Å². The average Bonchev–Trinajstić information content (AvgIpc) is 1.67. The monoisotopic (exact) mass is 129 g/mol. The third-order valence-corrected chi connectivity index (χ3v) is 1.15. The minimum atomic E-state index is -0.491. The van der Waals surface area contributed by atoms with E-state index in [0.717, 1.165) is 11.8 Å². The van der Waals surface area contributed by atoms with Crippen molar-refractivity contribution < 1.29 is 4.79 Å². The summed E-state index contributed by atoms with van der Waals surface area (Å²) >= 11 is 1.13. The number of amides is 1. The van der Waals surface area contributed by atoms with Gasteiger partial charge in [0.2, 0.25) is 0 Å². The molecule has 0 saturated heterocycles. The number of carbonyl (C=O) groups is 1. The number of primary amides is 1. The largest absolute Gasteiger partial charge is 0.365 e. The van der Waals surface area contributed by atoms with Gasteiger partial charge in [-0.3, -0.25) is 4.79 Å². The van der Waals surface area contributed by atoms with Gasteiger partial charge in [-0.1, -0.05) is 24.9 Å². The molecule has 0 aromatic carbocycles. The van der Waals surface area contributed by atoms with Crippen LogP contribution in [0.5, 0.6) is 0 Å². The standard InChI is InChI=1S/C5H7NOS/c1-3-8-4(2)5(6)7/h3H,1-2H2,(H2,6,7). The molecule has 2 nitrogen and oxygen atoms in total. The molecule has 0 atom stereocenters. The summed E-state index contributed by atoms with van der Waals surface area (Å²) in [5.74, 6) is -0.491. The number of carbonyl (C=O) groups excluding carboxylic acids is 1. The second-order valence-electron chi connectivity index (χ2n) is 1.07. The van der Waals surface area contributed by atoms with Crippen molar-refractivity contribution in [3.8, 4) is 0 Å². The van der Waals surface area contributed by atoms with Gasteiger partial charge in [0.1, 0.15) is 0 Å². The molecule has 0 heterocycles. The van der Waals surface area contributed by atoms with Gasteiger partial charge in [0, 0.05) is 0 Å². The fourth-order valence-corrected chi connectivity index (χ4v) is 0.476. The highest BCUT2D eigenvalue weighted by Gasteiger charge is 1.96. The Morgan fingerprint density at radius 1 is 1.75 bits per heavy atom. The molecule has 0 bridgehead atoms. The van der Waals surface area contributed by atoms with Crippen LogP contribution in [0.2, 0.25) is 0 Å². The molecule has 0 fully saturated rings. The summed E-state index contributed by atoms with van der Waals surface area (Å²) in [7, 11) is 0. The number of nitrogens with two attached hydrogens (primary N) is 1. The van der Waals surface area contributed by atoms with Crippen molar-refractivity contribution in [2.45, 2.75) is 0 Å². The van der Waals surface area contributed by atoms with Crippen LogP contribution in [-0.4, -0.2) is 5.91 Å². The Morgan fingerprint density at radius 2 is 2.25 bits per heavy atom. The molecule has 1 amide bonds. The highest BCUT2D eigenvalue weighted by atomic mass is 32.2. The maximum Gasteiger partial charge on any atom is 0.254 e. The van der Waals surface area contributed by atoms with E-state index < -0.39 is 5.91 Å². The zero-order chi connectivity index (χ0) is 6.57. The van der Waals surface area contributed by atoms with Crippen LogP contribution in [0.3, 0.4) is 0 Å². The second-order valence-corrected chi connectivity index (χ2v) is 2.13. The van der Waals surface area contributed by atoms with E-state index in [1.165, 1.54) is 5.41 Å². The predicted molar refractivity (Wildman–Crippen MR) is 36.1 cm³/mol. The third-order valence-electron chi connectivity index (χ3n) is 0.500. The van der Waals surface area contributed by atoms with Crippen LogP contribution in [-0.2, 0) is 4.79 Å². The molecule has 0 aliphatic heterocycles. The normalized spacial score (nSPS) is 8.00. The number of hydrogen-bond donors (Lipinski definition) is 1. The minimum absolute atomic E-state index is 0.319. The molecule has 44 valence electrons. The Labute approximate surface area is 52.4 Å². The van der Waals surface area contributed by atoms with Crippen molar-refractivity contribution in [2.24, 2.45) is 5.73 Å². The summed E-state index contributed by atoms with van der Waals surface area (Å²) in [5, 5.41) is 1.51. The summed E-state index contributed by atoms with van der Waals surface area (Å²) in [6.45, 7) is 6.74. The Kier molecular flexibility index (Phi) is 3.03. The molecule has 8 heavy (non-hydrogen) atoms. The lowest BCUT2D eigenvalue weighted by atomic mass is 10.6. The quantitative estimate of drug-likeness (QED) is 0.574. The summed E-state index contributed by atoms with van der Waals surface area (Å²) in [4.78, 5) is 10.5. The molecule has 0 aliphatic rings. The Bertz CT molecular complexity index is 130. The first-order valence-corrected chi connectivity index (χ1v) is 2.82. The fraction of sp³-hybridized carbons (Fsp3) is 0. The van der Waals surface area contributed by atoms with Crippen LogP contribution in [0, 0.1) is 0 Å². The van der Waals surface area contributed by atoms with E-state index >= 15 is 0 Å². The van der Waals surface area contributed by atoms with Gasteiger partial charge in [-0.15, -0.1) is 0 Å². The topological polar surface area (TPSA) is 43.1 Å². The van der Waals surface area contributed by atoms with E-state index in [0.29, 0.717) is 4.91 Å². The van der Waals surface area contributed by atoms with E-state index in [1.54, 1.807) is 0 Å². The Balaban J connectivity index is 3.65. The third kappa shape index (κ3) is 2.47. The van der Waals surface area contributed by atoms with Crippen molar-refractivity contribution in [1.29, 1.82) is 0 Å². The van der Waals surface area contributed by atoms with Crippen LogP contribution < -0.4 is 5.73 Å². The van der Waals surface area contributed by atoms with Gasteiger partial charge in [0.05, 0.1) is 4.91 Å². The van der Waals surface area contributed by atoms with Gasteiger partial charge >= 0.3 is 0 Å². The molecule has 3 heteroatoms. The van der Waals surface area contributed by atoms with Gasteiger partial charge in [-0.2, -0.15) is 0 Å². The molecular formula is C5H7NOS. The lowest BCUT2D eigenvalue weighted by Crippen LogP contribution is -2.09. The molecule has 0 radical (unpaired) electrons. The molecule has 0 saturated carbocycles. The molecule has 0 spiro atoms. The van der Waals surface area contributed by atoms with E-state index in [-0.39, 0.29) is 0 Å². The molecular weight excluding hydrogens is 122 g/mol. The van der Waals surface area contributed by atoms with Crippen molar-refractivity contribution in [2.75, 3.05) is 0 Å². The highest BCUT2D eigenvalue weighted by Crippen LogP contribution is 2.11. The Hall–Kier alpha value is -0.700. The van der Waals surface area contributed by atoms with E-state index in [9.17, 15) is 4.79 Å². The average molecular weight is 129 g/mol. The Morgan fingerprint density at radius 3 is 2.38 bits per heavy atom. The maximum absolute atomic E-state index is 10.1. The highest BCUT2D eigenvalue weighted by molar-refractivity contribution is 8.06. The summed E-state index contributed by atoms with van der Waals surface area (Å²) in [5.41, 5.74) is 4.81.